The van der Waals surface area contributed by atoms with E-state index in [0.29, 0.717) is 19.0 Å². The average Bonchev–Trinajstić information content (AvgIpc) is 2.48. The van der Waals surface area contributed by atoms with Crippen LogP contribution >= 0.6 is 0 Å². The number of rotatable bonds is 4. The van der Waals surface area contributed by atoms with Gasteiger partial charge < -0.3 is 9.26 Å². The average molecular weight is 158 g/mol. The summed E-state index contributed by atoms with van der Waals surface area (Å²) in [6.07, 6.45) is 0. The second-order valence-electron chi connectivity index (χ2n) is 1.80. The normalized spacial score (nSPS) is 10.0. The highest BCUT2D eigenvalue weighted by molar-refractivity contribution is 5.14. The third-order valence-corrected chi connectivity index (χ3v) is 1.03. The van der Waals surface area contributed by atoms with Crippen molar-refractivity contribution < 1.29 is 9.26 Å². The molecule has 1 heterocycles. The lowest BCUT2D eigenvalue weighted by Gasteiger charge is -1.91. The maximum atomic E-state index is 5.02. The maximum Gasteiger partial charge on any atom is 0.335 e. The van der Waals surface area contributed by atoms with Crippen molar-refractivity contribution in [3.05, 3.63) is 5.82 Å². The summed E-state index contributed by atoms with van der Waals surface area (Å²) >= 11 is 0. The fourth-order valence-electron chi connectivity index (χ4n) is 0.565. The van der Waals surface area contributed by atoms with Crippen molar-refractivity contribution in [3.8, 4) is 0 Å². The lowest BCUT2D eigenvalue weighted by atomic mass is 10.7. The van der Waals surface area contributed by atoms with Crippen molar-refractivity contribution in [2.75, 3.05) is 12.0 Å². The van der Waals surface area contributed by atoms with Crippen LogP contribution in [-0.2, 0) is 11.3 Å². The summed E-state index contributed by atoms with van der Waals surface area (Å²) < 4.78 is 9.66. The summed E-state index contributed by atoms with van der Waals surface area (Å²) in [6, 6.07) is 0.194. The number of aromatic nitrogens is 2. The molecule has 3 N–H and O–H groups in total. The van der Waals surface area contributed by atoms with Crippen molar-refractivity contribution in [1.82, 2.24) is 10.1 Å². The van der Waals surface area contributed by atoms with Crippen LogP contribution in [0.4, 0.5) is 6.01 Å². The highest BCUT2D eigenvalue weighted by atomic mass is 16.5. The Labute approximate surface area is 63.7 Å². The first-order valence-electron chi connectivity index (χ1n) is 3.23. The first kappa shape index (κ1) is 7.96. The van der Waals surface area contributed by atoms with Crippen LogP contribution in [0.1, 0.15) is 12.7 Å². The van der Waals surface area contributed by atoms with Crippen LogP contribution < -0.4 is 11.3 Å². The minimum Gasteiger partial charge on any atom is -0.374 e. The molecule has 0 atom stereocenters. The largest absolute Gasteiger partial charge is 0.374 e. The van der Waals surface area contributed by atoms with Gasteiger partial charge in [-0.3, -0.25) is 5.43 Å². The third kappa shape index (κ3) is 2.17. The van der Waals surface area contributed by atoms with Gasteiger partial charge in [0.05, 0.1) is 0 Å². The molecule has 0 amide bonds. The SMILES string of the molecule is CCOCc1noc(NN)n1. The van der Waals surface area contributed by atoms with Crippen molar-refractivity contribution in [3.63, 3.8) is 0 Å². The highest BCUT2D eigenvalue weighted by Crippen LogP contribution is 2.01. The fourth-order valence-corrected chi connectivity index (χ4v) is 0.565. The molecule has 0 saturated carbocycles. The molecule has 11 heavy (non-hydrogen) atoms. The van der Waals surface area contributed by atoms with Crippen LogP contribution in [0.5, 0.6) is 0 Å². The number of hydrogen-bond acceptors (Lipinski definition) is 6. The van der Waals surface area contributed by atoms with Gasteiger partial charge in [-0.15, -0.1) is 0 Å². The van der Waals surface area contributed by atoms with Crippen molar-refractivity contribution >= 4 is 6.01 Å². The van der Waals surface area contributed by atoms with Gasteiger partial charge in [-0.2, -0.15) is 4.98 Å². The van der Waals surface area contributed by atoms with Gasteiger partial charge in [0.1, 0.15) is 6.61 Å². The summed E-state index contributed by atoms with van der Waals surface area (Å²) in [4.78, 5) is 3.83. The van der Waals surface area contributed by atoms with Gasteiger partial charge in [0.2, 0.25) is 0 Å². The Morgan fingerprint density at radius 2 is 2.55 bits per heavy atom. The third-order valence-electron chi connectivity index (χ3n) is 1.03. The zero-order valence-electron chi connectivity index (χ0n) is 6.20. The quantitative estimate of drug-likeness (QED) is 0.469. The van der Waals surface area contributed by atoms with Crippen LogP contribution in [0.3, 0.4) is 0 Å². The number of ether oxygens (including phenoxy) is 1. The monoisotopic (exact) mass is 158 g/mol. The van der Waals surface area contributed by atoms with Gasteiger partial charge >= 0.3 is 6.01 Å². The standard InChI is InChI=1S/C5H10N4O2/c1-2-10-3-4-7-5(8-6)11-9-4/h2-3,6H2,1H3,(H,7,8,9). The van der Waals surface area contributed by atoms with Gasteiger partial charge in [-0.1, -0.05) is 5.16 Å². The van der Waals surface area contributed by atoms with Crippen molar-refractivity contribution in [2.45, 2.75) is 13.5 Å². The Bertz CT molecular complexity index is 212. The Morgan fingerprint density at radius 1 is 1.73 bits per heavy atom. The molecule has 0 aliphatic carbocycles. The second-order valence-corrected chi connectivity index (χ2v) is 1.80. The minimum atomic E-state index is 0.194. The van der Waals surface area contributed by atoms with E-state index < -0.39 is 0 Å². The number of hydrazine groups is 1. The molecule has 6 nitrogen and oxygen atoms in total. The molecule has 62 valence electrons. The number of nitrogens with one attached hydrogen (secondary N) is 1. The van der Waals surface area contributed by atoms with Crippen LogP contribution in [0.2, 0.25) is 0 Å². The lowest BCUT2D eigenvalue weighted by Crippen LogP contribution is -2.06. The number of nitrogen functional groups attached to an aromatic ring is 1. The molecule has 0 aliphatic heterocycles. The van der Waals surface area contributed by atoms with Crippen LogP contribution in [0.25, 0.3) is 0 Å². The number of hydrogen-bond donors (Lipinski definition) is 2. The molecule has 1 rings (SSSR count). The van der Waals surface area contributed by atoms with E-state index in [1.54, 1.807) is 0 Å². The molecule has 0 radical (unpaired) electrons. The van der Waals surface area contributed by atoms with Gasteiger partial charge in [-0.05, 0) is 6.92 Å². The van der Waals surface area contributed by atoms with E-state index in [1.165, 1.54) is 0 Å². The molecule has 0 fully saturated rings. The predicted octanol–water partition coefficient (Wildman–Crippen LogP) is -0.108. The molecule has 0 unspecified atom stereocenters. The summed E-state index contributed by atoms with van der Waals surface area (Å²) in [5, 5.41) is 3.57. The number of anilines is 1. The summed E-state index contributed by atoms with van der Waals surface area (Å²) in [5.41, 5.74) is 2.23. The molecule has 0 aromatic carbocycles. The van der Waals surface area contributed by atoms with Crippen LogP contribution in [0.15, 0.2) is 4.52 Å². The van der Waals surface area contributed by atoms with E-state index in [9.17, 15) is 0 Å². The first-order valence-corrected chi connectivity index (χ1v) is 3.23. The minimum absolute atomic E-state index is 0.194. The van der Waals surface area contributed by atoms with Gasteiger partial charge in [-0.25, -0.2) is 5.84 Å². The molecule has 6 heteroatoms. The van der Waals surface area contributed by atoms with E-state index in [1.807, 2.05) is 6.92 Å². The van der Waals surface area contributed by atoms with Gasteiger partial charge in [0.15, 0.2) is 5.82 Å². The maximum absolute atomic E-state index is 5.02. The molecular weight excluding hydrogens is 148 g/mol. The Balaban J connectivity index is 2.44. The van der Waals surface area contributed by atoms with E-state index in [0.717, 1.165) is 0 Å². The number of nitrogens with zero attached hydrogens (tertiary/aromatic N) is 2. The van der Waals surface area contributed by atoms with E-state index in [2.05, 4.69) is 20.1 Å². The van der Waals surface area contributed by atoms with Crippen LogP contribution in [-0.4, -0.2) is 16.7 Å². The highest BCUT2D eigenvalue weighted by Gasteiger charge is 2.02. The molecule has 1 aromatic heterocycles. The Hall–Kier alpha value is -1.14. The summed E-state index contributed by atoms with van der Waals surface area (Å²) in [7, 11) is 0. The van der Waals surface area contributed by atoms with E-state index in [4.69, 9.17) is 10.6 Å². The summed E-state index contributed by atoms with van der Waals surface area (Å²) in [5.74, 6) is 5.49. The second kappa shape index (κ2) is 3.89. The van der Waals surface area contributed by atoms with Crippen molar-refractivity contribution in [2.24, 2.45) is 5.84 Å². The van der Waals surface area contributed by atoms with E-state index >= 15 is 0 Å². The Morgan fingerprint density at radius 3 is 3.09 bits per heavy atom. The number of nitrogens with two attached hydrogens (primary N) is 1. The molecule has 1 aromatic rings. The van der Waals surface area contributed by atoms with Crippen LogP contribution in [0, 0.1) is 0 Å². The topological polar surface area (TPSA) is 86.2 Å². The Kier molecular flexibility index (Phi) is 2.82. The lowest BCUT2D eigenvalue weighted by molar-refractivity contribution is 0.126. The van der Waals surface area contributed by atoms with E-state index in [-0.39, 0.29) is 6.01 Å². The zero-order chi connectivity index (χ0) is 8.10. The fraction of sp³-hybridized carbons (Fsp3) is 0.600. The molecule has 0 bridgehead atoms. The molecular formula is C5H10N4O2. The molecule has 0 spiro atoms. The smallest absolute Gasteiger partial charge is 0.335 e. The van der Waals surface area contributed by atoms with Gasteiger partial charge in [0.25, 0.3) is 0 Å². The molecule has 0 saturated heterocycles. The molecule has 0 aliphatic rings. The first-order chi connectivity index (χ1) is 5.36. The van der Waals surface area contributed by atoms with Crippen molar-refractivity contribution in [1.29, 1.82) is 0 Å². The summed E-state index contributed by atoms with van der Waals surface area (Å²) in [6.45, 7) is 2.86. The zero-order valence-corrected chi connectivity index (χ0v) is 6.20. The van der Waals surface area contributed by atoms with Gasteiger partial charge in [0, 0.05) is 6.61 Å². The predicted molar refractivity (Wildman–Crippen MR) is 37.4 cm³/mol.